The number of aliphatic hydroxyl groups excluding tert-OH is 1. The molecule has 4 aromatic rings. The Morgan fingerprint density at radius 1 is 0.828 bits per heavy atom. The average molecular weight is 392 g/mol. The highest BCUT2D eigenvalue weighted by Crippen LogP contribution is 2.46. The predicted octanol–water partition coefficient (Wildman–Crippen LogP) is 3.06. The molecule has 2 unspecified atom stereocenters. The van der Waals surface area contributed by atoms with Gasteiger partial charge < -0.3 is 23.8 Å². The van der Waals surface area contributed by atoms with Crippen molar-refractivity contribution < 1.29 is 23.8 Å². The number of aromatic hydroxyl groups is 1. The molecular formula is C22H16O7. The van der Waals surface area contributed by atoms with E-state index in [1.165, 1.54) is 0 Å². The molecule has 2 aromatic heterocycles. The van der Waals surface area contributed by atoms with Gasteiger partial charge in [-0.1, -0.05) is 24.3 Å². The fourth-order valence-electron chi connectivity index (χ4n) is 4.10. The van der Waals surface area contributed by atoms with Gasteiger partial charge in [-0.25, -0.2) is 9.59 Å². The van der Waals surface area contributed by atoms with E-state index in [2.05, 4.69) is 0 Å². The standard InChI is InChI=1S/C22H16O7/c1-9-5-3-7-11-13(9)18(23)16(21(25)27-11)15-17-19(29-20(15)24)14-10(2)6-4-8-12(14)28-22(17)26/h3-8,15,20,23-24H,1-2H3. The Morgan fingerprint density at radius 2 is 1.38 bits per heavy atom. The van der Waals surface area contributed by atoms with E-state index in [9.17, 15) is 19.8 Å². The van der Waals surface area contributed by atoms with Crippen LogP contribution in [0.4, 0.5) is 0 Å². The van der Waals surface area contributed by atoms with Crippen molar-refractivity contribution in [3.8, 4) is 11.5 Å². The Labute approximate surface area is 163 Å². The average Bonchev–Trinajstić information content (AvgIpc) is 2.99. The van der Waals surface area contributed by atoms with Gasteiger partial charge in [-0.2, -0.15) is 0 Å². The molecule has 1 aliphatic rings. The molecule has 2 atom stereocenters. The van der Waals surface area contributed by atoms with Gasteiger partial charge >= 0.3 is 11.3 Å². The Morgan fingerprint density at radius 3 is 2.03 bits per heavy atom. The second-order valence-corrected chi connectivity index (χ2v) is 7.17. The summed E-state index contributed by atoms with van der Waals surface area (Å²) < 4.78 is 16.4. The third kappa shape index (κ3) is 2.34. The zero-order valence-corrected chi connectivity index (χ0v) is 15.6. The lowest BCUT2D eigenvalue weighted by Gasteiger charge is -2.15. The lowest BCUT2D eigenvalue weighted by Crippen LogP contribution is -2.26. The first kappa shape index (κ1) is 17.5. The molecule has 0 saturated carbocycles. The van der Waals surface area contributed by atoms with Crippen molar-refractivity contribution in [1.82, 2.24) is 0 Å². The maximum atomic E-state index is 12.7. The van der Waals surface area contributed by atoms with E-state index in [1.807, 2.05) is 13.0 Å². The van der Waals surface area contributed by atoms with Gasteiger partial charge in [0.05, 0.1) is 27.8 Å². The number of ether oxygens (including phenoxy) is 1. The van der Waals surface area contributed by atoms with E-state index in [0.717, 1.165) is 5.56 Å². The molecule has 0 radical (unpaired) electrons. The third-order valence-electron chi connectivity index (χ3n) is 5.42. The lowest BCUT2D eigenvalue weighted by molar-refractivity contribution is -0.00988. The monoisotopic (exact) mass is 392 g/mol. The molecule has 0 amide bonds. The fraction of sp³-hybridized carbons (Fsp3) is 0.182. The Balaban J connectivity index is 1.87. The van der Waals surface area contributed by atoms with Crippen LogP contribution in [-0.2, 0) is 0 Å². The van der Waals surface area contributed by atoms with Crippen LogP contribution in [0.15, 0.2) is 54.8 Å². The van der Waals surface area contributed by atoms with Crippen LogP contribution in [0.25, 0.3) is 21.9 Å². The number of aryl methyl sites for hydroxylation is 2. The molecule has 0 spiro atoms. The quantitative estimate of drug-likeness (QED) is 0.479. The maximum Gasteiger partial charge on any atom is 0.344 e. The van der Waals surface area contributed by atoms with Crippen LogP contribution in [0.3, 0.4) is 0 Å². The lowest BCUT2D eigenvalue weighted by atomic mass is 9.91. The van der Waals surface area contributed by atoms with Crippen LogP contribution in [0.5, 0.6) is 11.5 Å². The van der Waals surface area contributed by atoms with E-state index in [1.54, 1.807) is 37.3 Å². The SMILES string of the molecule is Cc1cccc2oc(=O)c(C3c4c(c5c(C)cccc5oc4=O)OC3O)c(O)c12. The molecule has 5 rings (SSSR count). The highest BCUT2D eigenvalue weighted by atomic mass is 16.6. The molecule has 0 saturated heterocycles. The first-order valence-electron chi connectivity index (χ1n) is 9.05. The van der Waals surface area contributed by atoms with Crippen LogP contribution in [-0.4, -0.2) is 16.5 Å². The van der Waals surface area contributed by atoms with Crippen molar-refractivity contribution in [2.45, 2.75) is 26.1 Å². The van der Waals surface area contributed by atoms with Crippen LogP contribution < -0.4 is 16.0 Å². The first-order chi connectivity index (χ1) is 13.9. The minimum atomic E-state index is -1.56. The summed E-state index contributed by atoms with van der Waals surface area (Å²) in [6.07, 6.45) is -1.56. The van der Waals surface area contributed by atoms with Crippen LogP contribution >= 0.6 is 0 Å². The first-order valence-corrected chi connectivity index (χ1v) is 9.05. The summed E-state index contributed by atoms with van der Waals surface area (Å²) in [5.41, 5.74) is 0.126. The van der Waals surface area contributed by atoms with E-state index in [4.69, 9.17) is 13.6 Å². The van der Waals surface area contributed by atoms with Gasteiger partial charge in [0.2, 0.25) is 6.29 Å². The van der Waals surface area contributed by atoms with E-state index in [-0.39, 0.29) is 28.2 Å². The van der Waals surface area contributed by atoms with Gasteiger partial charge in [0.25, 0.3) is 0 Å². The Bertz CT molecular complexity index is 1430. The number of benzene rings is 2. The molecule has 29 heavy (non-hydrogen) atoms. The molecule has 0 aliphatic carbocycles. The molecular weight excluding hydrogens is 376 g/mol. The van der Waals surface area contributed by atoms with Crippen LogP contribution in [0, 0.1) is 13.8 Å². The predicted molar refractivity (Wildman–Crippen MR) is 105 cm³/mol. The van der Waals surface area contributed by atoms with Gasteiger partial charge in [-0.05, 0) is 37.1 Å². The summed E-state index contributed by atoms with van der Waals surface area (Å²) in [5.74, 6) is -1.44. The molecule has 1 aliphatic heterocycles. The number of rotatable bonds is 1. The number of hydrogen-bond donors (Lipinski definition) is 2. The van der Waals surface area contributed by atoms with Crippen molar-refractivity contribution in [2.75, 3.05) is 0 Å². The van der Waals surface area contributed by atoms with E-state index >= 15 is 0 Å². The number of hydrogen-bond acceptors (Lipinski definition) is 7. The van der Waals surface area contributed by atoms with Gasteiger partial charge in [-0.3, -0.25) is 0 Å². The zero-order chi connectivity index (χ0) is 20.4. The second-order valence-electron chi connectivity index (χ2n) is 7.17. The van der Waals surface area contributed by atoms with Gasteiger partial charge in [0.15, 0.2) is 0 Å². The van der Waals surface area contributed by atoms with Gasteiger partial charge in [0.1, 0.15) is 22.7 Å². The molecule has 2 N–H and O–H groups in total. The highest BCUT2D eigenvalue weighted by molar-refractivity contribution is 5.90. The molecule has 3 heterocycles. The fourth-order valence-corrected chi connectivity index (χ4v) is 4.10. The minimum absolute atomic E-state index is 0.0187. The minimum Gasteiger partial charge on any atom is -0.507 e. The summed E-state index contributed by atoms with van der Waals surface area (Å²) in [6.45, 7) is 3.57. The Hall–Kier alpha value is -3.58. The Kier molecular flexibility index (Phi) is 3.60. The molecule has 7 nitrogen and oxygen atoms in total. The summed E-state index contributed by atoms with van der Waals surface area (Å²) in [4.78, 5) is 25.5. The van der Waals surface area contributed by atoms with Crippen LogP contribution in [0.1, 0.15) is 28.2 Å². The maximum absolute atomic E-state index is 12.7. The number of fused-ring (bicyclic) bond motifs is 4. The molecule has 0 fully saturated rings. The third-order valence-corrected chi connectivity index (χ3v) is 5.42. The van der Waals surface area contributed by atoms with Crippen molar-refractivity contribution in [3.05, 3.63) is 79.5 Å². The smallest absolute Gasteiger partial charge is 0.344 e. The zero-order valence-electron chi connectivity index (χ0n) is 15.6. The summed E-state index contributed by atoms with van der Waals surface area (Å²) in [5, 5.41) is 22.4. The van der Waals surface area contributed by atoms with Crippen molar-refractivity contribution >= 4 is 21.9 Å². The summed E-state index contributed by atoms with van der Waals surface area (Å²) >= 11 is 0. The van der Waals surface area contributed by atoms with Crippen molar-refractivity contribution in [2.24, 2.45) is 0 Å². The van der Waals surface area contributed by atoms with E-state index < -0.39 is 23.5 Å². The van der Waals surface area contributed by atoms with E-state index in [0.29, 0.717) is 21.9 Å². The summed E-state index contributed by atoms with van der Waals surface area (Å²) in [6, 6.07) is 10.2. The van der Waals surface area contributed by atoms with Gasteiger partial charge in [0, 0.05) is 0 Å². The van der Waals surface area contributed by atoms with Gasteiger partial charge in [-0.15, -0.1) is 0 Å². The van der Waals surface area contributed by atoms with Crippen molar-refractivity contribution in [1.29, 1.82) is 0 Å². The number of aliphatic hydroxyl groups is 1. The van der Waals surface area contributed by atoms with Crippen molar-refractivity contribution in [3.63, 3.8) is 0 Å². The largest absolute Gasteiger partial charge is 0.507 e. The normalized spacial score (nSPS) is 18.2. The molecule has 0 bridgehead atoms. The summed E-state index contributed by atoms with van der Waals surface area (Å²) in [7, 11) is 0. The molecule has 2 aromatic carbocycles. The molecule has 7 heteroatoms. The van der Waals surface area contributed by atoms with Crippen LogP contribution in [0.2, 0.25) is 0 Å². The highest BCUT2D eigenvalue weighted by Gasteiger charge is 2.43. The topological polar surface area (TPSA) is 110 Å². The molecule has 146 valence electrons. The second kappa shape index (κ2) is 5.96.